The Morgan fingerprint density at radius 3 is 3.00 bits per heavy atom. The Hall–Kier alpha value is -3.28. The average Bonchev–Trinajstić information content (AvgIpc) is 3.08. The van der Waals surface area contributed by atoms with Crippen LogP contribution in [-0.4, -0.2) is 25.5 Å². The van der Waals surface area contributed by atoms with Gasteiger partial charge >= 0.3 is 0 Å². The van der Waals surface area contributed by atoms with Gasteiger partial charge in [0.05, 0.1) is 12.6 Å². The van der Waals surface area contributed by atoms with Gasteiger partial charge in [-0.1, -0.05) is 30.9 Å². The summed E-state index contributed by atoms with van der Waals surface area (Å²) in [5.41, 5.74) is 4.17. The van der Waals surface area contributed by atoms with E-state index in [0.29, 0.717) is 18.1 Å². The van der Waals surface area contributed by atoms with Crippen molar-refractivity contribution in [2.24, 2.45) is 5.10 Å². The van der Waals surface area contributed by atoms with Crippen LogP contribution in [0.1, 0.15) is 11.1 Å². The summed E-state index contributed by atoms with van der Waals surface area (Å²) in [5.74, 6) is 1.86. The Morgan fingerprint density at radius 1 is 1.24 bits per heavy atom. The van der Waals surface area contributed by atoms with Crippen molar-refractivity contribution in [2.45, 2.75) is 6.42 Å². The second-order valence-corrected chi connectivity index (χ2v) is 5.33. The van der Waals surface area contributed by atoms with Crippen molar-refractivity contribution in [2.75, 3.05) is 13.4 Å². The van der Waals surface area contributed by atoms with Gasteiger partial charge in [0.1, 0.15) is 12.4 Å². The van der Waals surface area contributed by atoms with Crippen LogP contribution in [0, 0.1) is 0 Å². The predicted molar refractivity (Wildman–Crippen MR) is 94.1 cm³/mol. The van der Waals surface area contributed by atoms with Gasteiger partial charge in [0, 0.05) is 0 Å². The zero-order valence-electron chi connectivity index (χ0n) is 13.6. The van der Waals surface area contributed by atoms with Gasteiger partial charge in [-0.3, -0.25) is 4.79 Å². The van der Waals surface area contributed by atoms with Crippen LogP contribution in [0.2, 0.25) is 0 Å². The van der Waals surface area contributed by atoms with Crippen molar-refractivity contribution in [3.63, 3.8) is 0 Å². The molecule has 1 heterocycles. The van der Waals surface area contributed by atoms with Gasteiger partial charge in [-0.2, -0.15) is 5.10 Å². The van der Waals surface area contributed by atoms with E-state index in [1.165, 1.54) is 0 Å². The number of rotatable bonds is 7. The molecule has 0 saturated heterocycles. The highest BCUT2D eigenvalue weighted by Crippen LogP contribution is 2.32. The number of hydrazone groups is 1. The van der Waals surface area contributed by atoms with E-state index < -0.39 is 0 Å². The molecule has 0 aromatic heterocycles. The minimum atomic E-state index is -0.214. The van der Waals surface area contributed by atoms with Gasteiger partial charge in [0.25, 0.3) is 0 Å². The van der Waals surface area contributed by atoms with Gasteiger partial charge in [0.2, 0.25) is 12.7 Å². The molecule has 1 aliphatic heterocycles. The number of hydrogen-bond donors (Lipinski definition) is 1. The van der Waals surface area contributed by atoms with E-state index in [-0.39, 0.29) is 19.1 Å². The van der Waals surface area contributed by atoms with E-state index in [1.54, 1.807) is 24.4 Å². The Kier molecular flexibility index (Phi) is 5.31. The summed E-state index contributed by atoms with van der Waals surface area (Å²) in [5, 5.41) is 3.98. The fraction of sp³-hybridized carbons (Fsp3) is 0.158. The van der Waals surface area contributed by atoms with Crippen LogP contribution < -0.4 is 19.6 Å². The van der Waals surface area contributed by atoms with E-state index in [0.717, 1.165) is 16.9 Å². The lowest BCUT2D eigenvalue weighted by atomic mass is 10.1. The van der Waals surface area contributed by atoms with Crippen LogP contribution in [0.5, 0.6) is 17.2 Å². The molecule has 0 bridgehead atoms. The number of nitrogens with one attached hydrogen (secondary N) is 1. The first-order chi connectivity index (χ1) is 12.2. The van der Waals surface area contributed by atoms with Crippen LogP contribution in [0.4, 0.5) is 0 Å². The normalized spacial score (nSPS) is 12.2. The third-order valence-corrected chi connectivity index (χ3v) is 3.43. The fourth-order valence-corrected chi connectivity index (χ4v) is 2.29. The number of nitrogens with zero attached hydrogens (tertiary/aromatic N) is 1. The van der Waals surface area contributed by atoms with E-state index >= 15 is 0 Å². The molecule has 0 radical (unpaired) electrons. The summed E-state index contributed by atoms with van der Waals surface area (Å²) in [6.07, 6.45) is 3.45. The Morgan fingerprint density at radius 2 is 2.12 bits per heavy atom. The van der Waals surface area contributed by atoms with Crippen molar-refractivity contribution in [3.05, 3.63) is 66.2 Å². The molecule has 2 aromatic carbocycles. The number of hydrogen-bond acceptors (Lipinski definition) is 5. The maximum atomic E-state index is 12.0. The summed E-state index contributed by atoms with van der Waals surface area (Å²) in [6.45, 7) is 4.26. The molecule has 25 heavy (non-hydrogen) atoms. The van der Waals surface area contributed by atoms with Gasteiger partial charge in [-0.25, -0.2) is 5.43 Å². The lowest BCUT2D eigenvalue weighted by Gasteiger charge is -2.04. The number of carbonyl (C=O) groups is 1. The first-order valence-electron chi connectivity index (χ1n) is 7.79. The van der Waals surface area contributed by atoms with Crippen molar-refractivity contribution in [1.82, 2.24) is 5.43 Å². The molecule has 0 fully saturated rings. The lowest BCUT2D eigenvalue weighted by Crippen LogP contribution is -2.19. The lowest BCUT2D eigenvalue weighted by molar-refractivity contribution is -0.120. The molecule has 0 aliphatic carbocycles. The first-order valence-corrected chi connectivity index (χ1v) is 7.79. The Labute approximate surface area is 145 Å². The van der Waals surface area contributed by atoms with Crippen LogP contribution in [-0.2, 0) is 11.2 Å². The minimum Gasteiger partial charge on any atom is -0.490 e. The van der Waals surface area contributed by atoms with Gasteiger partial charge in [0.15, 0.2) is 11.5 Å². The topological polar surface area (TPSA) is 69.2 Å². The monoisotopic (exact) mass is 338 g/mol. The second-order valence-electron chi connectivity index (χ2n) is 5.33. The van der Waals surface area contributed by atoms with E-state index in [1.807, 2.05) is 30.3 Å². The number of ether oxygens (including phenoxy) is 3. The molecule has 3 rings (SSSR count). The summed E-state index contributed by atoms with van der Waals surface area (Å²) in [6, 6.07) is 12.8. The largest absolute Gasteiger partial charge is 0.490 e. The average molecular weight is 338 g/mol. The molecule has 128 valence electrons. The summed E-state index contributed by atoms with van der Waals surface area (Å²) >= 11 is 0. The van der Waals surface area contributed by atoms with Crippen molar-refractivity contribution < 1.29 is 19.0 Å². The van der Waals surface area contributed by atoms with Gasteiger partial charge < -0.3 is 14.2 Å². The molecular weight excluding hydrogens is 320 g/mol. The zero-order valence-corrected chi connectivity index (χ0v) is 13.6. The summed E-state index contributed by atoms with van der Waals surface area (Å²) in [4.78, 5) is 12.0. The zero-order chi connectivity index (χ0) is 17.5. The van der Waals surface area contributed by atoms with Gasteiger partial charge in [-0.15, -0.1) is 0 Å². The third-order valence-electron chi connectivity index (χ3n) is 3.43. The number of amides is 1. The first kappa shape index (κ1) is 16.6. The van der Waals surface area contributed by atoms with Crippen LogP contribution >= 0.6 is 0 Å². The number of fused-ring (bicyclic) bond motifs is 1. The van der Waals surface area contributed by atoms with E-state index in [2.05, 4.69) is 17.1 Å². The quantitative estimate of drug-likeness (QED) is 0.479. The third kappa shape index (κ3) is 4.60. The molecule has 0 atom stereocenters. The highest BCUT2D eigenvalue weighted by Gasteiger charge is 2.14. The SMILES string of the molecule is C=CCOc1cccc(/C=N\NC(=O)Cc2ccc3c(c2)OCO3)c1. The van der Waals surface area contributed by atoms with Crippen molar-refractivity contribution in [1.29, 1.82) is 0 Å². The Balaban J connectivity index is 1.53. The van der Waals surface area contributed by atoms with E-state index in [9.17, 15) is 4.79 Å². The predicted octanol–water partition coefficient (Wildman–Crippen LogP) is 2.67. The number of benzene rings is 2. The number of carbonyl (C=O) groups excluding carboxylic acids is 1. The Bertz CT molecular complexity index is 802. The van der Waals surface area contributed by atoms with Gasteiger partial charge in [-0.05, 0) is 35.4 Å². The van der Waals surface area contributed by atoms with Crippen LogP contribution in [0.3, 0.4) is 0 Å². The maximum Gasteiger partial charge on any atom is 0.244 e. The summed E-state index contributed by atoms with van der Waals surface area (Å²) < 4.78 is 16.0. The molecular formula is C19H18N2O4. The van der Waals surface area contributed by atoms with Crippen molar-refractivity contribution >= 4 is 12.1 Å². The summed E-state index contributed by atoms with van der Waals surface area (Å²) in [7, 11) is 0. The van der Waals surface area contributed by atoms with Crippen LogP contribution in [0.15, 0.2) is 60.2 Å². The smallest absolute Gasteiger partial charge is 0.244 e. The minimum absolute atomic E-state index is 0.205. The highest BCUT2D eigenvalue weighted by atomic mass is 16.7. The molecule has 1 amide bonds. The fourth-order valence-electron chi connectivity index (χ4n) is 2.29. The molecule has 2 aromatic rings. The molecule has 0 saturated carbocycles. The van der Waals surface area contributed by atoms with Crippen LogP contribution in [0.25, 0.3) is 0 Å². The highest BCUT2D eigenvalue weighted by molar-refractivity contribution is 5.83. The molecule has 1 aliphatic rings. The maximum absolute atomic E-state index is 12.0. The standard InChI is InChI=1S/C19H18N2O4/c1-2-8-23-16-5-3-4-15(9-16)12-20-21-19(22)11-14-6-7-17-18(10-14)25-13-24-17/h2-7,9-10,12H,1,8,11,13H2,(H,21,22)/b20-12-. The van der Waals surface area contributed by atoms with Crippen molar-refractivity contribution in [3.8, 4) is 17.2 Å². The molecule has 0 unspecified atom stereocenters. The molecule has 1 N–H and O–H groups in total. The second kappa shape index (κ2) is 8.01. The van der Waals surface area contributed by atoms with E-state index in [4.69, 9.17) is 14.2 Å². The molecule has 6 heteroatoms. The molecule has 0 spiro atoms. The molecule has 6 nitrogen and oxygen atoms in total.